The third kappa shape index (κ3) is 2.42. The minimum absolute atomic E-state index is 0.101. The van der Waals surface area contributed by atoms with Crippen LogP contribution in [-0.4, -0.2) is 28.1 Å². The van der Waals surface area contributed by atoms with Crippen LogP contribution in [-0.2, 0) is 13.2 Å². The Labute approximate surface area is 116 Å². The van der Waals surface area contributed by atoms with Crippen molar-refractivity contribution in [2.24, 2.45) is 0 Å². The summed E-state index contributed by atoms with van der Waals surface area (Å²) in [5.41, 5.74) is 0.691. The number of aliphatic hydroxyl groups excluding tert-OH is 1. The number of aryl methyl sites for hydroxylation is 1. The zero-order valence-corrected chi connectivity index (χ0v) is 11.2. The summed E-state index contributed by atoms with van der Waals surface area (Å²) in [6.07, 6.45) is 3.67. The third-order valence-corrected chi connectivity index (χ3v) is 3.24. The monoisotopic (exact) mass is 276 g/mol. The van der Waals surface area contributed by atoms with Crippen LogP contribution < -0.4 is 14.2 Å². The fraction of sp³-hybridized carbons (Fsp3) is 0.357. The van der Waals surface area contributed by atoms with Crippen molar-refractivity contribution < 1.29 is 19.3 Å². The van der Waals surface area contributed by atoms with Crippen molar-refractivity contribution >= 4 is 0 Å². The number of nitrogens with zero attached hydrogens (tertiary/aromatic N) is 2. The molecule has 6 heteroatoms. The van der Waals surface area contributed by atoms with Crippen LogP contribution in [0.2, 0.25) is 0 Å². The number of aliphatic hydroxyl groups is 1. The van der Waals surface area contributed by atoms with Crippen LogP contribution in [0.5, 0.6) is 17.2 Å². The first-order chi connectivity index (χ1) is 9.78. The smallest absolute Gasteiger partial charge is 0.231 e. The first kappa shape index (κ1) is 12.8. The number of fused-ring (bicyclic) bond motifs is 1. The lowest BCUT2D eigenvalue weighted by Gasteiger charge is -2.12. The molecule has 0 fully saturated rings. The molecule has 0 spiro atoms. The summed E-state index contributed by atoms with van der Waals surface area (Å²) in [7, 11) is 0. The van der Waals surface area contributed by atoms with E-state index in [9.17, 15) is 5.11 Å². The van der Waals surface area contributed by atoms with Gasteiger partial charge in [-0.25, -0.2) is 4.98 Å². The lowest BCUT2D eigenvalue weighted by atomic mass is 10.2. The molecule has 0 radical (unpaired) electrons. The van der Waals surface area contributed by atoms with Gasteiger partial charge >= 0.3 is 0 Å². The molecular weight excluding hydrogens is 260 g/mol. The maximum atomic E-state index is 9.39. The van der Waals surface area contributed by atoms with Crippen LogP contribution in [0.3, 0.4) is 0 Å². The molecule has 2 heterocycles. The van der Waals surface area contributed by atoms with Crippen LogP contribution in [0.4, 0.5) is 0 Å². The molecule has 0 amide bonds. The maximum Gasteiger partial charge on any atom is 0.231 e. The SMILES string of the molecule is Cc1nccn1CCOc1cc2c(cc1CO)OCO2. The van der Waals surface area contributed by atoms with Gasteiger partial charge in [0.05, 0.1) is 13.2 Å². The highest BCUT2D eigenvalue weighted by molar-refractivity contribution is 5.51. The van der Waals surface area contributed by atoms with Crippen LogP contribution >= 0.6 is 0 Å². The van der Waals surface area contributed by atoms with Crippen molar-refractivity contribution in [3.05, 3.63) is 35.9 Å². The van der Waals surface area contributed by atoms with Gasteiger partial charge in [0.1, 0.15) is 18.2 Å². The molecule has 0 saturated carbocycles. The number of aromatic nitrogens is 2. The largest absolute Gasteiger partial charge is 0.491 e. The minimum atomic E-state index is -0.101. The second-order valence-electron chi connectivity index (χ2n) is 4.49. The molecule has 6 nitrogen and oxygen atoms in total. The van der Waals surface area contributed by atoms with Crippen LogP contribution in [0, 0.1) is 6.92 Å². The molecule has 1 aliphatic heterocycles. The van der Waals surface area contributed by atoms with Crippen molar-refractivity contribution in [1.29, 1.82) is 0 Å². The van der Waals surface area contributed by atoms with Crippen molar-refractivity contribution in [2.45, 2.75) is 20.1 Å². The Kier molecular flexibility index (Phi) is 3.47. The fourth-order valence-corrected chi connectivity index (χ4v) is 2.12. The van der Waals surface area contributed by atoms with Gasteiger partial charge in [-0.15, -0.1) is 0 Å². The van der Waals surface area contributed by atoms with Crippen LogP contribution in [0.15, 0.2) is 24.5 Å². The van der Waals surface area contributed by atoms with Crippen molar-refractivity contribution in [2.75, 3.05) is 13.4 Å². The maximum absolute atomic E-state index is 9.39. The van der Waals surface area contributed by atoms with Crippen LogP contribution in [0.25, 0.3) is 0 Å². The van der Waals surface area contributed by atoms with Crippen molar-refractivity contribution in [3.8, 4) is 17.2 Å². The molecule has 0 atom stereocenters. The van der Waals surface area contributed by atoms with Crippen molar-refractivity contribution in [3.63, 3.8) is 0 Å². The van der Waals surface area contributed by atoms with Gasteiger partial charge in [0.2, 0.25) is 6.79 Å². The van der Waals surface area contributed by atoms with Gasteiger partial charge in [-0.05, 0) is 13.0 Å². The third-order valence-electron chi connectivity index (χ3n) is 3.24. The molecule has 0 bridgehead atoms. The van der Waals surface area contributed by atoms with Gasteiger partial charge in [0.15, 0.2) is 11.5 Å². The highest BCUT2D eigenvalue weighted by Gasteiger charge is 2.17. The Bertz CT molecular complexity index is 609. The molecule has 3 rings (SSSR count). The number of imidazole rings is 1. The summed E-state index contributed by atoms with van der Waals surface area (Å²) in [6.45, 7) is 3.24. The van der Waals surface area contributed by atoms with Gasteiger partial charge in [0.25, 0.3) is 0 Å². The van der Waals surface area contributed by atoms with Crippen molar-refractivity contribution in [1.82, 2.24) is 9.55 Å². The van der Waals surface area contributed by atoms with Gasteiger partial charge in [-0.3, -0.25) is 0 Å². The Morgan fingerprint density at radius 2 is 2.15 bits per heavy atom. The molecule has 1 aromatic carbocycles. The minimum Gasteiger partial charge on any atom is -0.491 e. The first-order valence-electron chi connectivity index (χ1n) is 6.42. The lowest BCUT2D eigenvalue weighted by Crippen LogP contribution is -2.09. The van der Waals surface area contributed by atoms with Crippen LogP contribution in [0.1, 0.15) is 11.4 Å². The van der Waals surface area contributed by atoms with E-state index >= 15 is 0 Å². The number of rotatable bonds is 5. The van der Waals surface area contributed by atoms with Gasteiger partial charge < -0.3 is 23.9 Å². The van der Waals surface area contributed by atoms with E-state index in [2.05, 4.69) is 4.98 Å². The Morgan fingerprint density at radius 3 is 2.85 bits per heavy atom. The first-order valence-corrected chi connectivity index (χ1v) is 6.42. The number of ether oxygens (including phenoxy) is 3. The Balaban J connectivity index is 1.69. The van der Waals surface area contributed by atoms with E-state index in [1.54, 1.807) is 18.3 Å². The molecule has 1 aromatic heterocycles. The zero-order chi connectivity index (χ0) is 13.9. The quantitative estimate of drug-likeness (QED) is 0.896. The molecule has 0 unspecified atom stereocenters. The van der Waals surface area contributed by atoms with Gasteiger partial charge in [-0.2, -0.15) is 0 Å². The molecule has 1 N–H and O–H groups in total. The molecule has 2 aromatic rings. The standard InChI is InChI=1S/C14H16N2O4/c1-10-15-2-3-16(10)4-5-18-12-7-14-13(19-9-20-14)6-11(12)8-17/h2-3,6-7,17H,4-5,8-9H2,1H3. The fourth-order valence-electron chi connectivity index (χ4n) is 2.12. The number of hydrogen-bond acceptors (Lipinski definition) is 5. The molecule has 0 saturated heterocycles. The summed E-state index contributed by atoms with van der Waals surface area (Å²) in [5, 5.41) is 9.39. The van der Waals surface area contributed by atoms with E-state index in [0.717, 1.165) is 5.82 Å². The van der Waals surface area contributed by atoms with Gasteiger partial charge in [0, 0.05) is 24.0 Å². The molecule has 20 heavy (non-hydrogen) atoms. The number of hydrogen-bond donors (Lipinski definition) is 1. The average Bonchev–Trinajstić information content (AvgIpc) is 3.06. The second kappa shape index (κ2) is 5.42. The zero-order valence-electron chi connectivity index (χ0n) is 11.2. The Hall–Kier alpha value is -2.21. The summed E-state index contributed by atoms with van der Waals surface area (Å²) in [6, 6.07) is 3.51. The van der Waals surface area contributed by atoms with E-state index < -0.39 is 0 Å². The van der Waals surface area contributed by atoms with E-state index in [1.165, 1.54) is 0 Å². The predicted octanol–water partition coefficient (Wildman–Crippen LogP) is 1.49. The van der Waals surface area contributed by atoms with E-state index in [1.807, 2.05) is 17.7 Å². The number of benzene rings is 1. The Morgan fingerprint density at radius 1 is 1.35 bits per heavy atom. The topological polar surface area (TPSA) is 65.7 Å². The molecule has 0 aliphatic carbocycles. The second-order valence-corrected chi connectivity index (χ2v) is 4.49. The predicted molar refractivity (Wildman–Crippen MR) is 70.9 cm³/mol. The van der Waals surface area contributed by atoms with E-state index in [-0.39, 0.29) is 13.4 Å². The average molecular weight is 276 g/mol. The lowest BCUT2D eigenvalue weighted by molar-refractivity contribution is 0.173. The summed E-state index contributed by atoms with van der Waals surface area (Å²) >= 11 is 0. The molecule has 1 aliphatic rings. The van der Waals surface area contributed by atoms with E-state index in [4.69, 9.17) is 14.2 Å². The summed E-state index contributed by atoms with van der Waals surface area (Å²) in [4.78, 5) is 4.15. The highest BCUT2D eigenvalue weighted by atomic mass is 16.7. The summed E-state index contributed by atoms with van der Waals surface area (Å²) < 4.78 is 18.3. The normalized spacial score (nSPS) is 12.7. The molecule has 106 valence electrons. The summed E-state index contributed by atoms with van der Waals surface area (Å²) in [5.74, 6) is 2.86. The molecular formula is C14H16N2O4. The highest BCUT2D eigenvalue weighted by Crippen LogP contribution is 2.38. The van der Waals surface area contributed by atoms with Gasteiger partial charge in [-0.1, -0.05) is 0 Å². The van der Waals surface area contributed by atoms with E-state index in [0.29, 0.717) is 36.0 Å².